The molecule has 0 bridgehead atoms. The second kappa shape index (κ2) is 7.18. The van der Waals surface area contributed by atoms with E-state index in [1.807, 2.05) is 24.3 Å². The Balaban J connectivity index is 1.36. The van der Waals surface area contributed by atoms with Gasteiger partial charge in [0.2, 0.25) is 0 Å². The Kier molecular flexibility index (Phi) is 4.59. The van der Waals surface area contributed by atoms with Crippen molar-refractivity contribution in [3.05, 3.63) is 48.0 Å². The third-order valence-electron chi connectivity index (χ3n) is 5.08. The molecule has 3 aromatic rings. The lowest BCUT2D eigenvalue weighted by Gasteiger charge is -2.22. The van der Waals surface area contributed by atoms with E-state index in [0.29, 0.717) is 12.6 Å². The Hall–Kier alpha value is -2.49. The molecule has 1 aromatic heterocycles. The van der Waals surface area contributed by atoms with Gasteiger partial charge in [0.15, 0.2) is 0 Å². The molecule has 2 N–H and O–H groups in total. The summed E-state index contributed by atoms with van der Waals surface area (Å²) >= 11 is 0. The molecule has 4 rings (SSSR count). The highest BCUT2D eigenvalue weighted by molar-refractivity contribution is 6.04. The van der Waals surface area contributed by atoms with Crippen molar-refractivity contribution in [2.45, 2.75) is 44.6 Å². The van der Waals surface area contributed by atoms with Crippen molar-refractivity contribution in [1.82, 2.24) is 10.6 Å². The van der Waals surface area contributed by atoms with Gasteiger partial charge in [-0.3, -0.25) is 0 Å². The van der Waals surface area contributed by atoms with E-state index in [0.717, 1.165) is 41.2 Å². The SMILES string of the molecule is O=C(NCCc1ccc2oc3ccccc3c2c1)NC1CCCCC1. The number of para-hydroxylation sites is 1. The number of rotatable bonds is 4. The maximum absolute atomic E-state index is 12.0. The molecule has 4 nitrogen and oxygen atoms in total. The van der Waals surface area contributed by atoms with Crippen molar-refractivity contribution >= 4 is 28.0 Å². The van der Waals surface area contributed by atoms with Gasteiger partial charge in [-0.1, -0.05) is 43.5 Å². The van der Waals surface area contributed by atoms with Gasteiger partial charge in [0.05, 0.1) is 0 Å². The van der Waals surface area contributed by atoms with Crippen LogP contribution in [0.25, 0.3) is 21.9 Å². The van der Waals surface area contributed by atoms with Crippen LogP contribution in [0, 0.1) is 0 Å². The Morgan fingerprint density at radius 1 is 1.00 bits per heavy atom. The van der Waals surface area contributed by atoms with Crippen molar-refractivity contribution in [2.75, 3.05) is 6.54 Å². The number of nitrogens with one attached hydrogen (secondary N) is 2. The van der Waals surface area contributed by atoms with Crippen LogP contribution in [0.15, 0.2) is 46.9 Å². The van der Waals surface area contributed by atoms with Gasteiger partial charge in [0.1, 0.15) is 11.2 Å². The lowest BCUT2D eigenvalue weighted by Crippen LogP contribution is -2.43. The first-order valence-electron chi connectivity index (χ1n) is 9.24. The van der Waals surface area contributed by atoms with Crippen LogP contribution in [0.1, 0.15) is 37.7 Å². The van der Waals surface area contributed by atoms with Gasteiger partial charge in [-0.05, 0) is 43.0 Å². The number of hydrogen-bond donors (Lipinski definition) is 2. The molecule has 4 heteroatoms. The largest absolute Gasteiger partial charge is 0.456 e. The predicted molar refractivity (Wildman–Crippen MR) is 101 cm³/mol. The first-order valence-corrected chi connectivity index (χ1v) is 9.24. The number of amides is 2. The smallest absolute Gasteiger partial charge is 0.315 e. The van der Waals surface area contributed by atoms with Crippen LogP contribution < -0.4 is 10.6 Å². The third-order valence-corrected chi connectivity index (χ3v) is 5.08. The lowest BCUT2D eigenvalue weighted by atomic mass is 9.96. The average molecular weight is 336 g/mol. The number of fused-ring (bicyclic) bond motifs is 3. The highest BCUT2D eigenvalue weighted by Gasteiger charge is 2.15. The Labute approximate surface area is 147 Å². The van der Waals surface area contributed by atoms with Gasteiger partial charge in [-0.2, -0.15) is 0 Å². The monoisotopic (exact) mass is 336 g/mol. The zero-order valence-electron chi connectivity index (χ0n) is 14.4. The maximum Gasteiger partial charge on any atom is 0.315 e. The van der Waals surface area contributed by atoms with Crippen molar-refractivity contribution < 1.29 is 9.21 Å². The van der Waals surface area contributed by atoms with E-state index in [1.165, 1.54) is 24.8 Å². The molecule has 1 fully saturated rings. The van der Waals surface area contributed by atoms with E-state index in [-0.39, 0.29) is 6.03 Å². The summed E-state index contributed by atoms with van der Waals surface area (Å²) in [6, 6.07) is 14.7. The van der Waals surface area contributed by atoms with Gasteiger partial charge in [-0.15, -0.1) is 0 Å². The van der Waals surface area contributed by atoms with E-state index in [9.17, 15) is 4.79 Å². The van der Waals surface area contributed by atoms with E-state index in [4.69, 9.17) is 4.42 Å². The topological polar surface area (TPSA) is 54.3 Å². The fourth-order valence-corrected chi connectivity index (χ4v) is 3.73. The fourth-order valence-electron chi connectivity index (χ4n) is 3.73. The number of benzene rings is 2. The van der Waals surface area contributed by atoms with E-state index in [2.05, 4.69) is 28.8 Å². The van der Waals surface area contributed by atoms with E-state index < -0.39 is 0 Å². The number of furan rings is 1. The minimum Gasteiger partial charge on any atom is -0.456 e. The Bertz CT molecular complexity index is 878. The second-order valence-electron chi connectivity index (χ2n) is 6.91. The first-order chi connectivity index (χ1) is 12.3. The second-order valence-corrected chi connectivity index (χ2v) is 6.91. The van der Waals surface area contributed by atoms with Crippen LogP contribution in [0.5, 0.6) is 0 Å². The van der Waals surface area contributed by atoms with E-state index >= 15 is 0 Å². The van der Waals surface area contributed by atoms with Crippen molar-refractivity contribution in [2.24, 2.45) is 0 Å². The minimum atomic E-state index is -0.0401. The third kappa shape index (κ3) is 3.63. The average Bonchev–Trinajstić information content (AvgIpc) is 3.01. The molecule has 1 aliphatic rings. The molecule has 1 heterocycles. The fraction of sp³-hybridized carbons (Fsp3) is 0.381. The summed E-state index contributed by atoms with van der Waals surface area (Å²) in [6.07, 6.45) is 6.78. The molecule has 2 amide bonds. The predicted octanol–water partition coefficient (Wildman–Crippen LogP) is 4.76. The number of hydrogen-bond acceptors (Lipinski definition) is 2. The van der Waals surface area contributed by atoms with Crippen molar-refractivity contribution in [1.29, 1.82) is 0 Å². The van der Waals surface area contributed by atoms with Gasteiger partial charge < -0.3 is 15.1 Å². The molecule has 0 aliphatic heterocycles. The van der Waals surface area contributed by atoms with Crippen LogP contribution >= 0.6 is 0 Å². The number of carbonyl (C=O) groups excluding carboxylic acids is 1. The highest BCUT2D eigenvalue weighted by Crippen LogP contribution is 2.29. The summed E-state index contributed by atoms with van der Waals surface area (Å²) in [5, 5.41) is 8.35. The molecule has 1 saturated carbocycles. The summed E-state index contributed by atoms with van der Waals surface area (Å²) in [4.78, 5) is 12.0. The standard InChI is InChI=1S/C21H24N2O2/c24-21(23-16-6-2-1-3-7-16)22-13-12-15-10-11-20-18(14-15)17-8-4-5-9-19(17)25-20/h4-5,8-11,14,16H,1-3,6-7,12-13H2,(H2,22,23,24). The van der Waals surface area contributed by atoms with Gasteiger partial charge in [0.25, 0.3) is 0 Å². The van der Waals surface area contributed by atoms with Crippen LogP contribution in [0.4, 0.5) is 4.79 Å². The molecule has 1 aliphatic carbocycles. The van der Waals surface area contributed by atoms with Crippen molar-refractivity contribution in [3.63, 3.8) is 0 Å². The first kappa shape index (κ1) is 16.0. The molecule has 0 saturated heterocycles. The zero-order chi connectivity index (χ0) is 17.1. The summed E-state index contributed by atoms with van der Waals surface area (Å²) in [7, 11) is 0. The maximum atomic E-state index is 12.0. The van der Waals surface area contributed by atoms with E-state index in [1.54, 1.807) is 0 Å². The highest BCUT2D eigenvalue weighted by atomic mass is 16.3. The molecule has 0 atom stereocenters. The minimum absolute atomic E-state index is 0.0401. The van der Waals surface area contributed by atoms with Crippen LogP contribution in [0.3, 0.4) is 0 Å². The molecule has 0 unspecified atom stereocenters. The summed E-state index contributed by atoms with van der Waals surface area (Å²) in [5.41, 5.74) is 3.03. The van der Waals surface area contributed by atoms with Gasteiger partial charge in [0, 0.05) is 23.4 Å². The normalized spacial score (nSPS) is 15.5. The molecular weight excluding hydrogens is 312 g/mol. The molecule has 25 heavy (non-hydrogen) atoms. The molecule has 0 spiro atoms. The summed E-state index contributed by atoms with van der Waals surface area (Å²) in [6.45, 7) is 0.639. The summed E-state index contributed by atoms with van der Waals surface area (Å²) < 4.78 is 5.85. The quantitative estimate of drug-likeness (QED) is 0.721. The molecule has 0 radical (unpaired) electrons. The zero-order valence-corrected chi connectivity index (χ0v) is 14.4. The summed E-state index contributed by atoms with van der Waals surface area (Å²) in [5.74, 6) is 0. The Morgan fingerprint density at radius 3 is 2.68 bits per heavy atom. The van der Waals surface area contributed by atoms with Crippen LogP contribution in [0.2, 0.25) is 0 Å². The van der Waals surface area contributed by atoms with Crippen molar-refractivity contribution in [3.8, 4) is 0 Å². The van der Waals surface area contributed by atoms with Gasteiger partial charge in [-0.25, -0.2) is 4.79 Å². The molecule has 130 valence electrons. The molecular formula is C21H24N2O2. The number of urea groups is 1. The van der Waals surface area contributed by atoms with Crippen LogP contribution in [-0.2, 0) is 6.42 Å². The number of carbonyl (C=O) groups is 1. The van der Waals surface area contributed by atoms with Gasteiger partial charge >= 0.3 is 6.03 Å². The Morgan fingerprint density at radius 2 is 1.80 bits per heavy atom. The molecule has 2 aromatic carbocycles. The lowest BCUT2D eigenvalue weighted by molar-refractivity contribution is 0.233. The van der Waals surface area contributed by atoms with Crippen LogP contribution in [-0.4, -0.2) is 18.6 Å².